The summed E-state index contributed by atoms with van der Waals surface area (Å²) in [6, 6.07) is 0. The number of rotatable bonds is 5. The summed E-state index contributed by atoms with van der Waals surface area (Å²) in [6.07, 6.45) is 3.72. The Labute approximate surface area is 136 Å². The van der Waals surface area contributed by atoms with E-state index < -0.39 is 11.2 Å². The highest BCUT2D eigenvalue weighted by molar-refractivity contribution is 9.10. The minimum Gasteiger partial charge on any atom is -0.300 e. The Morgan fingerprint density at radius 3 is 2.95 bits per heavy atom. The van der Waals surface area contributed by atoms with Gasteiger partial charge in [-0.25, -0.2) is 4.79 Å². The van der Waals surface area contributed by atoms with Crippen LogP contribution in [0.15, 0.2) is 20.3 Å². The molecule has 1 aliphatic rings. The summed E-state index contributed by atoms with van der Waals surface area (Å²) in [5, 5.41) is 12.1. The Morgan fingerprint density at radius 2 is 2.23 bits per heavy atom. The van der Waals surface area contributed by atoms with E-state index in [9.17, 15) is 14.4 Å². The van der Waals surface area contributed by atoms with Gasteiger partial charge in [0, 0.05) is 25.1 Å². The number of anilines is 1. The number of carbonyl (C=O) groups excluding carboxylic acids is 1. The Kier molecular flexibility index (Phi) is 4.21. The summed E-state index contributed by atoms with van der Waals surface area (Å²) in [4.78, 5) is 36.8. The van der Waals surface area contributed by atoms with Crippen molar-refractivity contribution in [3.63, 3.8) is 0 Å². The van der Waals surface area contributed by atoms with E-state index in [1.807, 2.05) is 0 Å². The normalized spacial score (nSPS) is 14.0. The predicted octanol–water partition coefficient (Wildman–Crippen LogP) is 1.06. The average Bonchev–Trinajstić information content (AvgIpc) is 3.22. The van der Waals surface area contributed by atoms with Crippen molar-refractivity contribution in [1.29, 1.82) is 0 Å². The van der Waals surface area contributed by atoms with Gasteiger partial charge in [-0.05, 0) is 28.8 Å². The van der Waals surface area contributed by atoms with E-state index in [1.165, 1.54) is 22.1 Å². The lowest BCUT2D eigenvalue weighted by Crippen LogP contribution is -2.30. The van der Waals surface area contributed by atoms with Gasteiger partial charge in [0.1, 0.15) is 5.01 Å². The van der Waals surface area contributed by atoms with Crippen molar-refractivity contribution in [3.05, 3.63) is 36.5 Å². The second-order valence-corrected chi connectivity index (χ2v) is 6.81. The van der Waals surface area contributed by atoms with Gasteiger partial charge in [-0.2, -0.15) is 0 Å². The molecule has 1 amide bonds. The quantitative estimate of drug-likeness (QED) is 0.799. The summed E-state index contributed by atoms with van der Waals surface area (Å²) in [5.41, 5.74) is -1.04. The predicted molar refractivity (Wildman–Crippen MR) is 84.2 cm³/mol. The zero-order chi connectivity index (χ0) is 15.7. The smallest absolute Gasteiger partial charge is 0.300 e. The molecule has 22 heavy (non-hydrogen) atoms. The van der Waals surface area contributed by atoms with Gasteiger partial charge in [0.2, 0.25) is 11.0 Å². The number of H-pyrrole nitrogens is 1. The van der Waals surface area contributed by atoms with E-state index in [0.717, 1.165) is 17.8 Å². The van der Waals surface area contributed by atoms with Crippen LogP contribution in [0.5, 0.6) is 0 Å². The number of hydrogen-bond donors (Lipinski definition) is 2. The molecule has 0 spiro atoms. The van der Waals surface area contributed by atoms with Gasteiger partial charge in [0.25, 0.3) is 5.56 Å². The summed E-state index contributed by atoms with van der Waals surface area (Å²) in [7, 11) is 0. The molecular weight excluding hydrogens is 374 g/mol. The van der Waals surface area contributed by atoms with Crippen LogP contribution < -0.4 is 16.6 Å². The van der Waals surface area contributed by atoms with Crippen LogP contribution in [0.1, 0.15) is 30.2 Å². The monoisotopic (exact) mass is 385 g/mol. The fourth-order valence-electron chi connectivity index (χ4n) is 1.83. The van der Waals surface area contributed by atoms with E-state index in [4.69, 9.17) is 0 Å². The lowest BCUT2D eigenvalue weighted by molar-refractivity contribution is -0.116. The van der Waals surface area contributed by atoms with Gasteiger partial charge >= 0.3 is 5.69 Å². The Bertz CT molecular complexity index is 823. The molecule has 1 fully saturated rings. The molecule has 1 aliphatic carbocycles. The number of aromatic amines is 1. The highest BCUT2D eigenvalue weighted by atomic mass is 79.9. The van der Waals surface area contributed by atoms with Gasteiger partial charge in [-0.15, -0.1) is 10.2 Å². The highest BCUT2D eigenvalue weighted by Gasteiger charge is 2.27. The van der Waals surface area contributed by atoms with E-state index in [0.29, 0.717) is 11.0 Å². The molecule has 0 aromatic carbocycles. The van der Waals surface area contributed by atoms with Crippen LogP contribution in [-0.2, 0) is 11.3 Å². The number of amides is 1. The zero-order valence-electron chi connectivity index (χ0n) is 11.3. The summed E-state index contributed by atoms with van der Waals surface area (Å²) >= 11 is 4.43. The molecule has 0 radical (unpaired) electrons. The first-order chi connectivity index (χ1) is 10.5. The topological polar surface area (TPSA) is 110 Å². The molecule has 116 valence electrons. The summed E-state index contributed by atoms with van der Waals surface area (Å²) in [5.74, 6) is 0.243. The number of aryl methyl sites for hydroxylation is 1. The number of nitrogens with zero attached hydrogens (tertiary/aromatic N) is 3. The SMILES string of the molecule is O=C(CCn1cc(Br)c(=O)[nH]c1=O)Nc1nnc(C2CC2)s1. The second kappa shape index (κ2) is 6.13. The Hall–Kier alpha value is -1.81. The third kappa shape index (κ3) is 3.50. The molecule has 2 aromatic rings. The second-order valence-electron chi connectivity index (χ2n) is 4.95. The molecule has 1 saturated carbocycles. The summed E-state index contributed by atoms with van der Waals surface area (Å²) < 4.78 is 1.51. The molecular formula is C12H12BrN5O3S. The number of hydrogen-bond acceptors (Lipinski definition) is 6. The molecule has 0 saturated heterocycles. The van der Waals surface area contributed by atoms with Gasteiger partial charge in [-0.3, -0.25) is 19.1 Å². The molecule has 0 bridgehead atoms. The summed E-state index contributed by atoms with van der Waals surface area (Å²) in [6.45, 7) is 0.161. The average molecular weight is 386 g/mol. The van der Waals surface area contributed by atoms with Crippen LogP contribution >= 0.6 is 27.3 Å². The van der Waals surface area contributed by atoms with Crippen molar-refractivity contribution in [2.75, 3.05) is 5.32 Å². The van der Waals surface area contributed by atoms with Crippen molar-refractivity contribution >= 4 is 38.3 Å². The maximum Gasteiger partial charge on any atom is 0.328 e. The van der Waals surface area contributed by atoms with Crippen molar-refractivity contribution < 1.29 is 4.79 Å². The number of halogens is 1. The van der Waals surface area contributed by atoms with Gasteiger partial charge in [0.15, 0.2) is 0 Å². The van der Waals surface area contributed by atoms with Crippen molar-refractivity contribution in [1.82, 2.24) is 19.7 Å². The molecule has 2 heterocycles. The van der Waals surface area contributed by atoms with Crippen molar-refractivity contribution in [3.8, 4) is 0 Å². The van der Waals surface area contributed by atoms with E-state index in [2.05, 4.69) is 36.4 Å². The molecule has 2 N–H and O–H groups in total. The molecule has 0 aliphatic heterocycles. The molecule has 8 nitrogen and oxygen atoms in total. The Balaban J connectivity index is 1.58. The number of nitrogens with one attached hydrogen (secondary N) is 2. The third-order valence-electron chi connectivity index (χ3n) is 3.16. The van der Waals surface area contributed by atoms with E-state index in [-0.39, 0.29) is 23.3 Å². The van der Waals surface area contributed by atoms with Crippen LogP contribution in [0.25, 0.3) is 0 Å². The molecule has 3 rings (SSSR count). The molecule has 0 atom stereocenters. The van der Waals surface area contributed by atoms with Gasteiger partial charge in [0.05, 0.1) is 4.47 Å². The lowest BCUT2D eigenvalue weighted by Gasteiger charge is -2.05. The van der Waals surface area contributed by atoms with Gasteiger partial charge in [-0.1, -0.05) is 11.3 Å². The first-order valence-corrected chi connectivity index (χ1v) is 8.26. The zero-order valence-corrected chi connectivity index (χ0v) is 13.7. The van der Waals surface area contributed by atoms with Crippen LogP contribution in [0.4, 0.5) is 5.13 Å². The number of aromatic nitrogens is 4. The molecule has 10 heteroatoms. The first-order valence-electron chi connectivity index (χ1n) is 6.65. The van der Waals surface area contributed by atoms with Crippen molar-refractivity contribution in [2.24, 2.45) is 0 Å². The fourth-order valence-corrected chi connectivity index (χ4v) is 3.11. The standard InChI is InChI=1S/C12H12BrN5O3S/c13-7-5-18(12(21)15-9(7)20)4-3-8(19)14-11-17-16-10(22-11)6-1-2-6/h5-6H,1-4H2,(H,14,17,19)(H,15,20,21). The van der Waals surface area contributed by atoms with E-state index >= 15 is 0 Å². The number of carbonyl (C=O) groups is 1. The van der Waals surface area contributed by atoms with Crippen LogP contribution in [0.2, 0.25) is 0 Å². The lowest BCUT2D eigenvalue weighted by atomic mass is 10.4. The van der Waals surface area contributed by atoms with Crippen LogP contribution in [0, 0.1) is 0 Å². The van der Waals surface area contributed by atoms with E-state index in [1.54, 1.807) is 0 Å². The third-order valence-corrected chi connectivity index (χ3v) is 4.73. The minimum absolute atomic E-state index is 0.0940. The first kappa shape index (κ1) is 15.1. The van der Waals surface area contributed by atoms with Crippen LogP contribution in [-0.4, -0.2) is 25.7 Å². The largest absolute Gasteiger partial charge is 0.328 e. The van der Waals surface area contributed by atoms with Crippen LogP contribution in [0.3, 0.4) is 0 Å². The molecule has 0 unspecified atom stereocenters. The highest BCUT2D eigenvalue weighted by Crippen LogP contribution is 2.41. The fraction of sp³-hybridized carbons (Fsp3) is 0.417. The van der Waals surface area contributed by atoms with Gasteiger partial charge < -0.3 is 5.32 Å². The Morgan fingerprint density at radius 1 is 1.45 bits per heavy atom. The van der Waals surface area contributed by atoms with Crippen molar-refractivity contribution in [2.45, 2.75) is 31.7 Å². The molecule has 2 aromatic heterocycles. The maximum atomic E-state index is 11.9. The maximum absolute atomic E-state index is 11.9. The minimum atomic E-state index is -0.548.